The van der Waals surface area contributed by atoms with E-state index < -0.39 is 35.6 Å². The van der Waals surface area contributed by atoms with Gasteiger partial charge in [0.05, 0.1) is 6.61 Å². The van der Waals surface area contributed by atoms with Crippen molar-refractivity contribution in [2.45, 2.75) is 65.6 Å². The number of nitrogens with one attached hydrogen (secondary N) is 2. The van der Waals surface area contributed by atoms with Crippen LogP contribution in [0.2, 0.25) is 0 Å². The zero-order valence-corrected chi connectivity index (χ0v) is 23.4. The average Bonchev–Trinajstić information content (AvgIpc) is 2.83. The van der Waals surface area contributed by atoms with Gasteiger partial charge in [0.25, 0.3) is 5.91 Å². The summed E-state index contributed by atoms with van der Waals surface area (Å²) in [7, 11) is 0. The SMILES string of the molecule is CCc1ccc(C(C(=O)Nc2c(C)cccc2C)N(CCO)C(=O)C(CS)NC(=O)OC(C)(C)C)cc1. The number of aliphatic hydroxyl groups is 1. The van der Waals surface area contributed by atoms with Gasteiger partial charge in [-0.05, 0) is 63.3 Å². The molecule has 3 N–H and O–H groups in total. The Labute approximate surface area is 225 Å². The number of anilines is 1. The lowest BCUT2D eigenvalue weighted by molar-refractivity contribution is -0.140. The molecule has 0 heterocycles. The van der Waals surface area contributed by atoms with Gasteiger partial charge in [-0.1, -0.05) is 49.4 Å². The molecule has 37 heavy (non-hydrogen) atoms. The summed E-state index contributed by atoms with van der Waals surface area (Å²) in [6, 6.07) is 11.0. The summed E-state index contributed by atoms with van der Waals surface area (Å²) >= 11 is 4.26. The van der Waals surface area contributed by atoms with Gasteiger partial charge in [0, 0.05) is 18.0 Å². The third kappa shape index (κ3) is 8.50. The van der Waals surface area contributed by atoms with Crippen molar-refractivity contribution < 1.29 is 24.2 Å². The van der Waals surface area contributed by atoms with E-state index in [4.69, 9.17) is 4.74 Å². The standard InChI is InChI=1S/C28H39N3O5S/c1-7-20-11-13-21(14-12-20)24(25(33)30-23-18(2)9-8-10-19(23)3)31(15-16-32)26(34)22(17-37)29-27(35)36-28(4,5)6/h8-14,22,24,32,37H,7,15-17H2,1-6H3,(H,29,35)(H,30,33). The number of carbonyl (C=O) groups excluding carboxylic acids is 3. The van der Waals surface area contributed by atoms with Gasteiger partial charge in [-0.3, -0.25) is 9.59 Å². The number of hydrogen-bond acceptors (Lipinski definition) is 6. The summed E-state index contributed by atoms with van der Waals surface area (Å²) in [6.45, 7) is 10.5. The number of thiol groups is 1. The lowest BCUT2D eigenvalue weighted by Crippen LogP contribution is -2.53. The summed E-state index contributed by atoms with van der Waals surface area (Å²) in [5.74, 6) is -1.02. The van der Waals surface area contributed by atoms with Gasteiger partial charge >= 0.3 is 6.09 Å². The van der Waals surface area contributed by atoms with Crippen LogP contribution in [-0.4, -0.2) is 58.5 Å². The highest BCUT2D eigenvalue weighted by atomic mass is 32.1. The molecule has 202 valence electrons. The van der Waals surface area contributed by atoms with E-state index >= 15 is 0 Å². The van der Waals surface area contributed by atoms with Gasteiger partial charge in [-0.25, -0.2) is 4.79 Å². The Balaban J connectivity index is 2.49. The number of carbonyl (C=O) groups is 3. The van der Waals surface area contributed by atoms with Gasteiger partial charge in [-0.15, -0.1) is 0 Å². The molecule has 3 amide bonds. The molecule has 0 aliphatic rings. The van der Waals surface area contributed by atoms with E-state index in [0.29, 0.717) is 11.3 Å². The average molecular weight is 530 g/mol. The van der Waals surface area contributed by atoms with Crippen molar-refractivity contribution in [2.24, 2.45) is 0 Å². The molecule has 8 nitrogen and oxygen atoms in total. The molecule has 0 spiro atoms. The first-order valence-corrected chi connectivity index (χ1v) is 13.0. The third-order valence-corrected chi connectivity index (χ3v) is 6.15. The molecule has 0 fully saturated rings. The van der Waals surface area contributed by atoms with Crippen molar-refractivity contribution in [3.63, 3.8) is 0 Å². The highest BCUT2D eigenvalue weighted by molar-refractivity contribution is 7.80. The molecular formula is C28H39N3O5S. The number of aliphatic hydroxyl groups excluding tert-OH is 1. The Morgan fingerprint density at radius 1 is 1.05 bits per heavy atom. The predicted octanol–water partition coefficient (Wildman–Crippen LogP) is 4.19. The van der Waals surface area contributed by atoms with Crippen molar-refractivity contribution in [1.82, 2.24) is 10.2 Å². The van der Waals surface area contributed by atoms with E-state index in [9.17, 15) is 19.5 Å². The van der Waals surface area contributed by atoms with Crippen molar-refractivity contribution >= 4 is 36.2 Å². The molecule has 9 heteroatoms. The van der Waals surface area contributed by atoms with Crippen molar-refractivity contribution in [1.29, 1.82) is 0 Å². The summed E-state index contributed by atoms with van der Waals surface area (Å²) in [5.41, 5.74) is 3.34. The quantitative estimate of drug-likeness (QED) is 0.345. The molecular weight excluding hydrogens is 490 g/mol. The van der Waals surface area contributed by atoms with Crippen LogP contribution in [0.5, 0.6) is 0 Å². The number of hydrogen-bond donors (Lipinski definition) is 4. The molecule has 0 aromatic heterocycles. The second kappa shape index (κ2) is 13.5. The van der Waals surface area contributed by atoms with Gasteiger partial charge in [0.1, 0.15) is 17.7 Å². The molecule has 0 aliphatic heterocycles. The topological polar surface area (TPSA) is 108 Å². The second-order valence-corrected chi connectivity index (χ2v) is 10.3. The highest BCUT2D eigenvalue weighted by Gasteiger charge is 2.36. The maximum absolute atomic E-state index is 13.8. The van der Waals surface area contributed by atoms with Crippen molar-refractivity contribution in [3.8, 4) is 0 Å². The molecule has 2 unspecified atom stereocenters. The third-order valence-electron chi connectivity index (χ3n) is 5.79. The number of nitrogens with zero attached hydrogens (tertiary/aromatic N) is 1. The molecule has 0 radical (unpaired) electrons. The van der Waals surface area contributed by atoms with Crippen LogP contribution in [0, 0.1) is 13.8 Å². The second-order valence-electron chi connectivity index (χ2n) is 9.89. The van der Waals surface area contributed by atoms with E-state index in [1.54, 1.807) is 20.8 Å². The number of aryl methyl sites for hydroxylation is 3. The minimum atomic E-state index is -1.07. The molecule has 0 saturated heterocycles. The Hall–Kier alpha value is -3.04. The molecule has 2 atom stereocenters. The van der Waals surface area contributed by atoms with Crippen LogP contribution >= 0.6 is 12.6 Å². The van der Waals surface area contributed by atoms with E-state index in [2.05, 4.69) is 23.3 Å². The van der Waals surface area contributed by atoms with E-state index in [1.807, 2.05) is 63.2 Å². The van der Waals surface area contributed by atoms with Crippen LogP contribution in [0.3, 0.4) is 0 Å². The van der Waals surface area contributed by atoms with Crippen LogP contribution in [0.15, 0.2) is 42.5 Å². The minimum Gasteiger partial charge on any atom is -0.444 e. The van der Waals surface area contributed by atoms with Crippen LogP contribution in [0.1, 0.15) is 56.0 Å². The fourth-order valence-electron chi connectivity index (χ4n) is 3.92. The smallest absolute Gasteiger partial charge is 0.408 e. The molecule has 2 rings (SSSR count). The van der Waals surface area contributed by atoms with E-state index in [-0.39, 0.29) is 18.9 Å². The maximum atomic E-state index is 13.8. The first kappa shape index (κ1) is 30.2. The first-order chi connectivity index (χ1) is 17.4. The monoisotopic (exact) mass is 529 g/mol. The summed E-state index contributed by atoms with van der Waals surface area (Å²) in [6.07, 6.45) is 0.0491. The van der Waals surface area contributed by atoms with Crippen LogP contribution < -0.4 is 10.6 Å². The van der Waals surface area contributed by atoms with E-state index in [1.165, 1.54) is 4.90 Å². The fourth-order valence-corrected chi connectivity index (χ4v) is 4.17. The summed E-state index contributed by atoms with van der Waals surface area (Å²) in [4.78, 5) is 41.2. The van der Waals surface area contributed by atoms with Crippen molar-refractivity contribution in [3.05, 3.63) is 64.7 Å². The molecule has 2 aromatic carbocycles. The van der Waals surface area contributed by atoms with Crippen molar-refractivity contribution in [2.75, 3.05) is 24.2 Å². The van der Waals surface area contributed by atoms with Gasteiger partial charge in [-0.2, -0.15) is 12.6 Å². The molecule has 0 aliphatic carbocycles. The maximum Gasteiger partial charge on any atom is 0.408 e. The zero-order valence-electron chi connectivity index (χ0n) is 22.5. The Morgan fingerprint density at radius 3 is 2.14 bits per heavy atom. The molecule has 0 bridgehead atoms. The van der Waals surface area contributed by atoms with E-state index in [0.717, 1.165) is 23.1 Å². The minimum absolute atomic E-state index is 0.0278. The van der Waals surface area contributed by atoms with Crippen LogP contribution in [-0.2, 0) is 20.7 Å². The lowest BCUT2D eigenvalue weighted by atomic mass is 10.00. The predicted molar refractivity (Wildman–Crippen MR) is 149 cm³/mol. The Morgan fingerprint density at radius 2 is 1.65 bits per heavy atom. The number of ether oxygens (including phenoxy) is 1. The number of amides is 3. The lowest BCUT2D eigenvalue weighted by Gasteiger charge is -2.34. The van der Waals surface area contributed by atoms with Gasteiger partial charge < -0.3 is 25.4 Å². The summed E-state index contributed by atoms with van der Waals surface area (Å²) in [5, 5.41) is 15.4. The fraction of sp³-hybridized carbons (Fsp3) is 0.464. The Kier molecular flexibility index (Phi) is 11.0. The van der Waals surface area contributed by atoms with Crippen LogP contribution in [0.25, 0.3) is 0 Å². The van der Waals surface area contributed by atoms with Gasteiger partial charge in [0.2, 0.25) is 5.91 Å². The zero-order chi connectivity index (χ0) is 27.8. The van der Waals surface area contributed by atoms with Crippen LogP contribution in [0.4, 0.5) is 10.5 Å². The number of para-hydroxylation sites is 1. The number of rotatable bonds is 10. The number of benzene rings is 2. The normalized spacial score (nSPS) is 12.9. The van der Waals surface area contributed by atoms with Gasteiger partial charge in [0.15, 0.2) is 0 Å². The summed E-state index contributed by atoms with van der Waals surface area (Å²) < 4.78 is 5.30. The molecule has 0 saturated carbocycles. The molecule has 2 aromatic rings. The number of alkyl carbamates (subject to hydrolysis) is 1. The Bertz CT molecular complexity index is 1060. The first-order valence-electron chi connectivity index (χ1n) is 12.4. The highest BCUT2D eigenvalue weighted by Crippen LogP contribution is 2.27. The largest absolute Gasteiger partial charge is 0.444 e.